The molecule has 2 rings (SSSR count). The number of carboxylic acids is 1. The molecule has 1 aliphatic carbocycles. The van der Waals surface area contributed by atoms with Gasteiger partial charge in [-0.3, -0.25) is 4.79 Å². The van der Waals surface area contributed by atoms with Crippen molar-refractivity contribution in [3.8, 4) is 5.75 Å². The molecule has 96 valence electrons. The zero-order chi connectivity index (χ0) is 13.1. The van der Waals surface area contributed by atoms with Crippen molar-refractivity contribution in [2.45, 2.75) is 38.0 Å². The van der Waals surface area contributed by atoms with E-state index in [1.165, 1.54) is 18.6 Å². The maximum atomic E-state index is 11.3. The van der Waals surface area contributed by atoms with Crippen molar-refractivity contribution in [1.29, 1.82) is 0 Å². The van der Waals surface area contributed by atoms with Gasteiger partial charge in [-0.1, -0.05) is 31.4 Å². The fourth-order valence-electron chi connectivity index (χ4n) is 2.57. The van der Waals surface area contributed by atoms with E-state index in [9.17, 15) is 14.7 Å². The van der Waals surface area contributed by atoms with E-state index in [0.29, 0.717) is 5.92 Å². The minimum Gasteiger partial charge on any atom is -0.508 e. The molecule has 1 aliphatic rings. The van der Waals surface area contributed by atoms with E-state index in [1.54, 1.807) is 6.07 Å². The number of phenols is 1. The lowest BCUT2D eigenvalue weighted by Gasteiger charge is -2.22. The van der Waals surface area contributed by atoms with Crippen LogP contribution < -0.4 is 0 Å². The molecule has 0 radical (unpaired) electrons. The van der Waals surface area contributed by atoms with E-state index in [4.69, 9.17) is 5.11 Å². The third-order valence-electron chi connectivity index (χ3n) is 3.53. The number of carbonyl (C=O) groups excluding carboxylic acids is 1. The second-order valence-corrected chi connectivity index (χ2v) is 4.74. The van der Waals surface area contributed by atoms with Crippen molar-refractivity contribution in [3.05, 3.63) is 29.3 Å². The van der Waals surface area contributed by atoms with Crippen LogP contribution >= 0.6 is 0 Å². The van der Waals surface area contributed by atoms with Crippen LogP contribution in [0, 0.1) is 0 Å². The number of hydrogen-bond donors (Lipinski definition) is 2. The van der Waals surface area contributed by atoms with Gasteiger partial charge in [0.25, 0.3) is 5.78 Å². The summed E-state index contributed by atoms with van der Waals surface area (Å²) in [6.45, 7) is 0. The molecule has 0 aromatic heterocycles. The molecule has 0 aliphatic heterocycles. The summed E-state index contributed by atoms with van der Waals surface area (Å²) in [6, 6.07) is 4.43. The number of aliphatic carboxylic acids is 1. The van der Waals surface area contributed by atoms with Crippen LogP contribution in [0.3, 0.4) is 0 Å². The van der Waals surface area contributed by atoms with Crippen molar-refractivity contribution in [1.82, 2.24) is 0 Å². The van der Waals surface area contributed by atoms with E-state index in [1.807, 2.05) is 0 Å². The summed E-state index contributed by atoms with van der Waals surface area (Å²) >= 11 is 0. The van der Waals surface area contributed by atoms with E-state index in [-0.39, 0.29) is 11.3 Å². The molecule has 0 spiro atoms. The van der Waals surface area contributed by atoms with Crippen LogP contribution in [0.25, 0.3) is 0 Å². The topological polar surface area (TPSA) is 74.6 Å². The van der Waals surface area contributed by atoms with Gasteiger partial charge in [0, 0.05) is 5.56 Å². The minimum absolute atomic E-state index is 0.0274. The Balaban J connectivity index is 2.24. The summed E-state index contributed by atoms with van der Waals surface area (Å²) in [5.41, 5.74) is 0.858. The zero-order valence-corrected chi connectivity index (χ0v) is 10.1. The van der Waals surface area contributed by atoms with Crippen molar-refractivity contribution in [2.75, 3.05) is 0 Å². The van der Waals surface area contributed by atoms with Crippen molar-refractivity contribution < 1.29 is 19.8 Å². The third kappa shape index (κ3) is 2.53. The SMILES string of the molecule is O=C(O)C(=O)c1ccc(C2CCCCC2)c(O)c1. The number of rotatable bonds is 3. The summed E-state index contributed by atoms with van der Waals surface area (Å²) in [6.07, 6.45) is 5.62. The molecule has 0 heterocycles. The lowest BCUT2D eigenvalue weighted by Crippen LogP contribution is -2.13. The summed E-state index contributed by atoms with van der Waals surface area (Å²) in [4.78, 5) is 21.8. The molecule has 0 bridgehead atoms. The quantitative estimate of drug-likeness (QED) is 0.637. The summed E-state index contributed by atoms with van der Waals surface area (Å²) in [7, 11) is 0. The number of carboxylic acid groups (broad SMARTS) is 1. The Morgan fingerprint density at radius 1 is 1.11 bits per heavy atom. The average molecular weight is 248 g/mol. The van der Waals surface area contributed by atoms with Gasteiger partial charge in [0.1, 0.15) is 5.75 Å². The molecule has 18 heavy (non-hydrogen) atoms. The van der Waals surface area contributed by atoms with E-state index < -0.39 is 11.8 Å². The first kappa shape index (κ1) is 12.6. The van der Waals surface area contributed by atoms with Crippen LogP contribution in [0.2, 0.25) is 0 Å². The number of Topliss-reactive ketones (excluding diaryl/α,β-unsaturated/α-hetero) is 1. The molecule has 4 nitrogen and oxygen atoms in total. The van der Waals surface area contributed by atoms with Gasteiger partial charge >= 0.3 is 5.97 Å². The Morgan fingerprint density at radius 2 is 1.78 bits per heavy atom. The molecular formula is C14H16O4. The fourth-order valence-corrected chi connectivity index (χ4v) is 2.57. The summed E-state index contributed by atoms with van der Waals surface area (Å²) in [5.74, 6) is -2.12. The van der Waals surface area contributed by atoms with Crippen LogP contribution in [0.1, 0.15) is 53.9 Å². The fraction of sp³-hybridized carbons (Fsp3) is 0.429. The summed E-state index contributed by atoms with van der Waals surface area (Å²) < 4.78 is 0. The first-order chi connectivity index (χ1) is 8.59. The van der Waals surface area contributed by atoms with E-state index in [0.717, 1.165) is 31.2 Å². The molecule has 0 saturated heterocycles. The van der Waals surface area contributed by atoms with Gasteiger partial charge in [-0.05, 0) is 30.4 Å². The molecule has 2 N–H and O–H groups in total. The predicted molar refractivity (Wildman–Crippen MR) is 65.9 cm³/mol. The number of aromatic hydroxyl groups is 1. The number of benzene rings is 1. The Bertz CT molecular complexity index is 473. The van der Waals surface area contributed by atoms with Gasteiger partial charge in [0.2, 0.25) is 0 Å². The maximum Gasteiger partial charge on any atom is 0.377 e. The molecule has 1 aromatic carbocycles. The highest BCUT2D eigenvalue weighted by Crippen LogP contribution is 2.37. The molecule has 0 atom stereocenters. The molecular weight excluding hydrogens is 232 g/mol. The summed E-state index contributed by atoms with van der Waals surface area (Å²) in [5, 5.41) is 18.5. The highest BCUT2D eigenvalue weighted by atomic mass is 16.4. The van der Waals surface area contributed by atoms with Gasteiger partial charge in [-0.15, -0.1) is 0 Å². The second-order valence-electron chi connectivity index (χ2n) is 4.74. The smallest absolute Gasteiger partial charge is 0.377 e. The zero-order valence-electron chi connectivity index (χ0n) is 10.1. The van der Waals surface area contributed by atoms with E-state index >= 15 is 0 Å². The third-order valence-corrected chi connectivity index (χ3v) is 3.53. The Morgan fingerprint density at radius 3 is 2.33 bits per heavy atom. The van der Waals surface area contributed by atoms with Crippen molar-refractivity contribution in [2.24, 2.45) is 0 Å². The average Bonchev–Trinajstić information content (AvgIpc) is 2.38. The second kappa shape index (κ2) is 5.21. The molecule has 0 amide bonds. The Hall–Kier alpha value is -1.84. The van der Waals surface area contributed by atoms with Gasteiger partial charge < -0.3 is 10.2 Å². The van der Waals surface area contributed by atoms with Crippen molar-refractivity contribution >= 4 is 11.8 Å². The number of hydrogen-bond acceptors (Lipinski definition) is 3. The monoisotopic (exact) mass is 248 g/mol. The first-order valence-electron chi connectivity index (χ1n) is 6.20. The molecule has 4 heteroatoms. The predicted octanol–water partition coefficient (Wildman–Crippen LogP) is 2.71. The van der Waals surface area contributed by atoms with Crippen molar-refractivity contribution in [3.63, 3.8) is 0 Å². The van der Waals surface area contributed by atoms with Crippen LogP contribution in [0.5, 0.6) is 5.75 Å². The number of carbonyl (C=O) groups is 2. The highest BCUT2D eigenvalue weighted by Gasteiger charge is 2.21. The first-order valence-corrected chi connectivity index (χ1v) is 6.20. The van der Waals surface area contributed by atoms with E-state index in [2.05, 4.69) is 0 Å². The lowest BCUT2D eigenvalue weighted by molar-refractivity contribution is -0.131. The lowest BCUT2D eigenvalue weighted by atomic mass is 9.83. The normalized spacial score (nSPS) is 16.4. The van der Waals surface area contributed by atoms with Gasteiger partial charge in [0.05, 0.1) is 0 Å². The minimum atomic E-state index is -1.50. The largest absolute Gasteiger partial charge is 0.508 e. The molecule has 0 unspecified atom stereocenters. The number of phenolic OH excluding ortho intramolecular Hbond substituents is 1. The number of ketones is 1. The molecule has 1 aromatic rings. The maximum absolute atomic E-state index is 11.3. The Labute approximate surface area is 105 Å². The Kier molecular flexibility index (Phi) is 3.65. The standard InChI is InChI=1S/C14H16O4/c15-12-8-10(13(16)14(17)18)6-7-11(12)9-4-2-1-3-5-9/h6-9,15H,1-5H2,(H,17,18). The van der Waals surface area contributed by atoms with Crippen LogP contribution in [-0.4, -0.2) is 22.0 Å². The van der Waals surface area contributed by atoms with Gasteiger partial charge in [-0.25, -0.2) is 4.79 Å². The molecule has 1 fully saturated rings. The van der Waals surface area contributed by atoms with Crippen LogP contribution in [-0.2, 0) is 4.79 Å². The van der Waals surface area contributed by atoms with Gasteiger partial charge in [0.15, 0.2) is 0 Å². The van der Waals surface area contributed by atoms with Crippen LogP contribution in [0.15, 0.2) is 18.2 Å². The van der Waals surface area contributed by atoms with Gasteiger partial charge in [-0.2, -0.15) is 0 Å². The van der Waals surface area contributed by atoms with Crippen LogP contribution in [0.4, 0.5) is 0 Å². The molecule has 1 saturated carbocycles. The highest BCUT2D eigenvalue weighted by molar-refractivity contribution is 6.39.